The molecule has 0 spiro atoms. The van der Waals surface area contributed by atoms with Crippen LogP contribution in [0.5, 0.6) is 5.75 Å². The first kappa shape index (κ1) is 19.3. The number of amides is 1. The predicted octanol–water partition coefficient (Wildman–Crippen LogP) is 3.21. The number of para-hydroxylation sites is 1. The number of carbonyl (C=O) groups is 1. The molecule has 6 nitrogen and oxygen atoms in total. The average Bonchev–Trinajstić information content (AvgIpc) is 2.74. The van der Waals surface area contributed by atoms with E-state index < -0.39 is 0 Å². The maximum atomic E-state index is 12.9. The lowest BCUT2D eigenvalue weighted by Crippen LogP contribution is -2.24. The van der Waals surface area contributed by atoms with Crippen LogP contribution in [-0.4, -0.2) is 29.5 Å². The molecule has 3 rings (SSSR count). The van der Waals surface area contributed by atoms with Crippen LogP contribution in [0, 0.1) is 5.82 Å². The van der Waals surface area contributed by atoms with Gasteiger partial charge in [-0.05, 0) is 30.2 Å². The van der Waals surface area contributed by atoms with E-state index >= 15 is 0 Å². The molecule has 0 saturated carbocycles. The van der Waals surface area contributed by atoms with Gasteiger partial charge >= 0.3 is 0 Å². The minimum atomic E-state index is -0.309. The van der Waals surface area contributed by atoms with Crippen LogP contribution < -0.4 is 15.4 Å². The average molecular weight is 380 g/mol. The minimum Gasteiger partial charge on any atom is -0.496 e. The molecule has 28 heavy (non-hydrogen) atoms. The van der Waals surface area contributed by atoms with E-state index in [1.807, 2.05) is 24.3 Å². The maximum Gasteiger partial charge on any atom is 0.271 e. The summed E-state index contributed by atoms with van der Waals surface area (Å²) >= 11 is 0. The van der Waals surface area contributed by atoms with Gasteiger partial charge in [-0.2, -0.15) is 0 Å². The summed E-state index contributed by atoms with van der Waals surface area (Å²) in [5.74, 6) is 0.733. The van der Waals surface area contributed by atoms with Crippen molar-refractivity contribution in [2.24, 2.45) is 0 Å². The summed E-state index contributed by atoms with van der Waals surface area (Å²) in [6, 6.07) is 13.9. The van der Waals surface area contributed by atoms with Crippen LogP contribution in [-0.2, 0) is 13.0 Å². The Bertz CT molecular complexity index is 914. The second-order valence-electron chi connectivity index (χ2n) is 6.08. The van der Waals surface area contributed by atoms with Crippen molar-refractivity contribution in [2.75, 3.05) is 19.0 Å². The van der Waals surface area contributed by atoms with Crippen LogP contribution in [0.3, 0.4) is 0 Å². The molecule has 1 amide bonds. The Balaban J connectivity index is 1.49. The normalized spacial score (nSPS) is 10.4. The summed E-state index contributed by atoms with van der Waals surface area (Å²) in [7, 11) is 1.59. The number of halogens is 1. The van der Waals surface area contributed by atoms with Gasteiger partial charge < -0.3 is 15.4 Å². The third-order valence-electron chi connectivity index (χ3n) is 4.15. The number of anilines is 1. The molecule has 2 N–H and O–H groups in total. The molecule has 0 unspecified atom stereocenters. The summed E-state index contributed by atoms with van der Waals surface area (Å²) in [6.45, 7) is 0.960. The fraction of sp³-hybridized carbons (Fsp3) is 0.190. The molecule has 0 bridgehead atoms. The molecule has 0 atom stereocenters. The molecule has 0 aliphatic carbocycles. The van der Waals surface area contributed by atoms with Crippen LogP contribution in [0.25, 0.3) is 0 Å². The van der Waals surface area contributed by atoms with E-state index in [2.05, 4.69) is 20.6 Å². The van der Waals surface area contributed by atoms with Crippen molar-refractivity contribution < 1.29 is 13.9 Å². The quantitative estimate of drug-likeness (QED) is 0.628. The number of hydrogen-bond acceptors (Lipinski definition) is 5. The Kier molecular flexibility index (Phi) is 6.51. The number of nitrogens with one attached hydrogen (secondary N) is 2. The highest BCUT2D eigenvalue weighted by atomic mass is 19.1. The predicted molar refractivity (Wildman–Crippen MR) is 105 cm³/mol. The maximum absolute atomic E-state index is 12.9. The Morgan fingerprint density at radius 2 is 1.86 bits per heavy atom. The minimum absolute atomic E-state index is 0.235. The Morgan fingerprint density at radius 3 is 2.57 bits per heavy atom. The van der Waals surface area contributed by atoms with Crippen molar-refractivity contribution in [1.29, 1.82) is 0 Å². The summed E-state index contributed by atoms with van der Waals surface area (Å²) in [5, 5.41) is 5.94. The molecule has 0 radical (unpaired) electrons. The molecule has 3 aromatic rings. The van der Waals surface area contributed by atoms with Crippen molar-refractivity contribution in [2.45, 2.75) is 13.0 Å². The van der Waals surface area contributed by atoms with Crippen LogP contribution in [0.2, 0.25) is 0 Å². The molecule has 0 aliphatic rings. The Hall–Kier alpha value is -3.48. The van der Waals surface area contributed by atoms with Gasteiger partial charge in [0, 0.05) is 18.7 Å². The number of aromatic nitrogens is 2. The second kappa shape index (κ2) is 9.45. The smallest absolute Gasteiger partial charge is 0.271 e. The summed E-state index contributed by atoms with van der Waals surface area (Å²) in [5.41, 5.74) is 2.14. The van der Waals surface area contributed by atoms with E-state index in [1.165, 1.54) is 24.5 Å². The zero-order valence-corrected chi connectivity index (χ0v) is 15.5. The van der Waals surface area contributed by atoms with Crippen LogP contribution >= 0.6 is 0 Å². The first-order valence-corrected chi connectivity index (χ1v) is 8.86. The van der Waals surface area contributed by atoms with Gasteiger partial charge in [0.25, 0.3) is 5.91 Å². The number of ether oxygens (including phenoxy) is 1. The fourth-order valence-electron chi connectivity index (χ4n) is 2.64. The number of carbonyl (C=O) groups excluding carboxylic acids is 1. The highest BCUT2D eigenvalue weighted by molar-refractivity contribution is 5.92. The number of rotatable bonds is 8. The van der Waals surface area contributed by atoms with Crippen molar-refractivity contribution in [1.82, 2.24) is 15.3 Å². The van der Waals surface area contributed by atoms with E-state index in [4.69, 9.17) is 4.74 Å². The molecule has 1 aromatic heterocycles. The Labute approximate surface area is 162 Å². The van der Waals surface area contributed by atoms with Gasteiger partial charge in [-0.25, -0.2) is 14.4 Å². The number of benzene rings is 2. The van der Waals surface area contributed by atoms with E-state index in [0.717, 1.165) is 23.3 Å². The standard InChI is InChI=1S/C21H21FN4O2/c1-28-19-5-3-2-4-16(19)12-26-21(27)18-13-25-20(14-24-18)23-11-10-15-6-8-17(22)9-7-15/h2-9,13-14H,10-12H2,1H3,(H,23,25)(H,26,27). The van der Waals surface area contributed by atoms with Gasteiger partial charge in [0.1, 0.15) is 23.1 Å². The largest absolute Gasteiger partial charge is 0.496 e. The van der Waals surface area contributed by atoms with Crippen molar-refractivity contribution in [3.8, 4) is 5.75 Å². The zero-order chi connectivity index (χ0) is 19.8. The summed E-state index contributed by atoms with van der Waals surface area (Å²) < 4.78 is 18.2. The second-order valence-corrected chi connectivity index (χ2v) is 6.08. The lowest BCUT2D eigenvalue weighted by atomic mass is 10.1. The van der Waals surface area contributed by atoms with Crippen molar-refractivity contribution in [3.05, 3.63) is 83.6 Å². The zero-order valence-electron chi connectivity index (χ0n) is 15.5. The molecule has 0 saturated heterocycles. The van der Waals surface area contributed by atoms with Gasteiger partial charge in [0.05, 0.1) is 19.5 Å². The molecular formula is C21H21FN4O2. The SMILES string of the molecule is COc1ccccc1CNC(=O)c1cnc(NCCc2ccc(F)cc2)cn1. The summed E-state index contributed by atoms with van der Waals surface area (Å²) in [6.07, 6.45) is 3.67. The third-order valence-corrected chi connectivity index (χ3v) is 4.15. The van der Waals surface area contributed by atoms with E-state index in [9.17, 15) is 9.18 Å². The van der Waals surface area contributed by atoms with Gasteiger partial charge in [0.15, 0.2) is 0 Å². The highest BCUT2D eigenvalue weighted by Crippen LogP contribution is 2.16. The van der Waals surface area contributed by atoms with Gasteiger partial charge in [-0.15, -0.1) is 0 Å². The van der Waals surface area contributed by atoms with Gasteiger partial charge in [-0.1, -0.05) is 30.3 Å². The van der Waals surface area contributed by atoms with Gasteiger partial charge in [0.2, 0.25) is 0 Å². The molecule has 2 aromatic carbocycles. The first-order chi connectivity index (χ1) is 13.7. The number of hydrogen-bond donors (Lipinski definition) is 2. The lowest BCUT2D eigenvalue weighted by Gasteiger charge is -2.09. The number of methoxy groups -OCH3 is 1. The van der Waals surface area contributed by atoms with Crippen LogP contribution in [0.15, 0.2) is 60.9 Å². The molecule has 1 heterocycles. The molecule has 0 aliphatic heterocycles. The Morgan fingerprint density at radius 1 is 1.07 bits per heavy atom. The van der Waals surface area contributed by atoms with E-state index in [-0.39, 0.29) is 17.4 Å². The fourth-order valence-corrected chi connectivity index (χ4v) is 2.64. The molecular weight excluding hydrogens is 359 g/mol. The molecule has 0 fully saturated rings. The third kappa shape index (κ3) is 5.26. The summed E-state index contributed by atoms with van der Waals surface area (Å²) in [4.78, 5) is 20.6. The first-order valence-electron chi connectivity index (χ1n) is 8.86. The number of nitrogens with zero attached hydrogens (tertiary/aromatic N) is 2. The highest BCUT2D eigenvalue weighted by Gasteiger charge is 2.09. The van der Waals surface area contributed by atoms with Crippen molar-refractivity contribution in [3.63, 3.8) is 0 Å². The lowest BCUT2D eigenvalue weighted by molar-refractivity contribution is 0.0945. The molecule has 144 valence electrons. The van der Waals surface area contributed by atoms with Crippen LogP contribution in [0.1, 0.15) is 21.6 Å². The van der Waals surface area contributed by atoms with E-state index in [1.54, 1.807) is 19.2 Å². The molecule has 7 heteroatoms. The topological polar surface area (TPSA) is 76.1 Å². The van der Waals surface area contributed by atoms with E-state index in [0.29, 0.717) is 18.9 Å². The van der Waals surface area contributed by atoms with Crippen LogP contribution in [0.4, 0.5) is 10.2 Å². The van der Waals surface area contributed by atoms with Crippen molar-refractivity contribution >= 4 is 11.7 Å². The monoisotopic (exact) mass is 380 g/mol. The van der Waals surface area contributed by atoms with Gasteiger partial charge in [-0.3, -0.25) is 4.79 Å².